The summed E-state index contributed by atoms with van der Waals surface area (Å²) >= 11 is 6.24. The van der Waals surface area contributed by atoms with Crippen molar-refractivity contribution in [1.82, 2.24) is 0 Å². The Kier molecular flexibility index (Phi) is 5.06. The van der Waals surface area contributed by atoms with Crippen molar-refractivity contribution in [2.75, 3.05) is 6.61 Å². The molecule has 0 N–H and O–H groups in total. The van der Waals surface area contributed by atoms with Crippen LogP contribution < -0.4 is 0 Å². The highest BCUT2D eigenvalue weighted by molar-refractivity contribution is 6.31. The number of hydrogen-bond acceptors (Lipinski definition) is 2. The molecule has 1 aromatic carbocycles. The van der Waals surface area contributed by atoms with Gasteiger partial charge in [0.25, 0.3) is 6.47 Å². The van der Waals surface area contributed by atoms with E-state index in [4.69, 9.17) is 16.3 Å². The summed E-state index contributed by atoms with van der Waals surface area (Å²) < 4.78 is 4.77. The van der Waals surface area contributed by atoms with Crippen LogP contribution in [-0.4, -0.2) is 13.1 Å². The molecular formula is C15H19ClO2. The lowest BCUT2D eigenvalue weighted by Gasteiger charge is -2.29. The second-order valence-corrected chi connectivity index (χ2v) is 5.40. The van der Waals surface area contributed by atoms with Crippen molar-refractivity contribution in [2.24, 2.45) is 5.92 Å². The zero-order chi connectivity index (χ0) is 12.8. The van der Waals surface area contributed by atoms with Crippen LogP contribution in [0, 0.1) is 5.92 Å². The summed E-state index contributed by atoms with van der Waals surface area (Å²) in [6.45, 7) is 1.10. The highest BCUT2D eigenvalue weighted by Gasteiger charge is 2.23. The molecule has 0 spiro atoms. The molecule has 1 saturated carbocycles. The SMILES string of the molecule is O=COCCC1CCC(c2ccccc2Cl)CC1. The Morgan fingerprint density at radius 2 is 1.94 bits per heavy atom. The Hall–Kier alpha value is -1.02. The van der Waals surface area contributed by atoms with E-state index in [9.17, 15) is 4.79 Å². The van der Waals surface area contributed by atoms with Gasteiger partial charge >= 0.3 is 0 Å². The van der Waals surface area contributed by atoms with Gasteiger partial charge < -0.3 is 4.74 Å². The Balaban J connectivity index is 1.83. The third kappa shape index (κ3) is 3.49. The van der Waals surface area contributed by atoms with Crippen LogP contribution in [0.2, 0.25) is 5.02 Å². The molecule has 0 radical (unpaired) electrons. The van der Waals surface area contributed by atoms with Crippen molar-refractivity contribution in [1.29, 1.82) is 0 Å². The first-order chi connectivity index (χ1) is 8.81. The average Bonchev–Trinajstić information content (AvgIpc) is 2.41. The topological polar surface area (TPSA) is 26.3 Å². The quantitative estimate of drug-likeness (QED) is 0.590. The van der Waals surface area contributed by atoms with Crippen LogP contribution in [0.5, 0.6) is 0 Å². The van der Waals surface area contributed by atoms with Crippen LogP contribution in [0.4, 0.5) is 0 Å². The molecule has 0 unspecified atom stereocenters. The second-order valence-electron chi connectivity index (χ2n) is 4.99. The van der Waals surface area contributed by atoms with E-state index in [0.29, 0.717) is 24.9 Å². The molecule has 2 rings (SSSR count). The van der Waals surface area contributed by atoms with Crippen molar-refractivity contribution in [3.63, 3.8) is 0 Å². The van der Waals surface area contributed by atoms with E-state index in [2.05, 4.69) is 12.1 Å². The molecule has 98 valence electrons. The molecule has 18 heavy (non-hydrogen) atoms. The first-order valence-electron chi connectivity index (χ1n) is 6.61. The zero-order valence-electron chi connectivity index (χ0n) is 10.5. The number of carbonyl (C=O) groups excluding carboxylic acids is 1. The van der Waals surface area contributed by atoms with Gasteiger partial charge in [0.1, 0.15) is 0 Å². The van der Waals surface area contributed by atoms with Crippen LogP contribution in [0.1, 0.15) is 43.6 Å². The van der Waals surface area contributed by atoms with E-state index in [1.54, 1.807) is 0 Å². The van der Waals surface area contributed by atoms with Crippen LogP contribution in [0.3, 0.4) is 0 Å². The molecule has 1 fully saturated rings. The fraction of sp³-hybridized carbons (Fsp3) is 0.533. The van der Waals surface area contributed by atoms with E-state index in [0.717, 1.165) is 11.4 Å². The van der Waals surface area contributed by atoms with Crippen molar-refractivity contribution in [2.45, 2.75) is 38.0 Å². The van der Waals surface area contributed by atoms with Crippen LogP contribution in [0.15, 0.2) is 24.3 Å². The summed E-state index contributed by atoms with van der Waals surface area (Å²) in [6.07, 6.45) is 5.79. The van der Waals surface area contributed by atoms with E-state index in [-0.39, 0.29) is 0 Å². The molecule has 0 aliphatic heterocycles. The Labute approximate surface area is 113 Å². The van der Waals surface area contributed by atoms with Crippen molar-refractivity contribution in [3.8, 4) is 0 Å². The van der Waals surface area contributed by atoms with Crippen molar-refractivity contribution < 1.29 is 9.53 Å². The largest absolute Gasteiger partial charge is 0.468 e. The molecule has 1 aliphatic rings. The maximum atomic E-state index is 10.1. The molecule has 0 aromatic heterocycles. The highest BCUT2D eigenvalue weighted by Crippen LogP contribution is 2.39. The summed E-state index contributed by atoms with van der Waals surface area (Å²) in [4.78, 5) is 10.1. The van der Waals surface area contributed by atoms with Gasteiger partial charge in [-0.3, -0.25) is 4.79 Å². The smallest absolute Gasteiger partial charge is 0.293 e. The number of hydrogen-bond donors (Lipinski definition) is 0. The minimum absolute atomic E-state index is 0.537. The molecule has 0 saturated heterocycles. The Morgan fingerprint density at radius 3 is 2.61 bits per heavy atom. The van der Waals surface area contributed by atoms with Gasteiger partial charge in [0.15, 0.2) is 0 Å². The summed E-state index contributed by atoms with van der Waals surface area (Å²) in [5.41, 5.74) is 1.29. The van der Waals surface area contributed by atoms with Gasteiger partial charge in [-0.15, -0.1) is 0 Å². The third-order valence-corrected chi connectivity index (χ3v) is 4.25. The fourth-order valence-corrected chi connectivity index (χ4v) is 3.14. The van der Waals surface area contributed by atoms with Crippen molar-refractivity contribution in [3.05, 3.63) is 34.9 Å². The zero-order valence-corrected chi connectivity index (χ0v) is 11.2. The minimum Gasteiger partial charge on any atom is -0.468 e. The van der Waals surface area contributed by atoms with E-state index < -0.39 is 0 Å². The first-order valence-corrected chi connectivity index (χ1v) is 6.98. The molecular weight excluding hydrogens is 248 g/mol. The van der Waals surface area contributed by atoms with Gasteiger partial charge in [0.2, 0.25) is 0 Å². The first kappa shape index (κ1) is 13.4. The van der Waals surface area contributed by atoms with E-state index in [1.165, 1.54) is 31.2 Å². The number of benzene rings is 1. The molecule has 3 heteroatoms. The number of halogens is 1. The normalized spacial score (nSPS) is 23.6. The Bertz CT molecular complexity index is 384. The average molecular weight is 267 g/mol. The highest BCUT2D eigenvalue weighted by atomic mass is 35.5. The lowest BCUT2D eigenvalue weighted by Crippen LogP contribution is -2.15. The number of carbonyl (C=O) groups is 1. The summed E-state index contributed by atoms with van der Waals surface area (Å²) in [6, 6.07) is 8.16. The predicted octanol–water partition coefficient (Wildman–Crippen LogP) is 4.18. The second kappa shape index (κ2) is 6.79. The maximum Gasteiger partial charge on any atom is 0.293 e. The maximum absolute atomic E-state index is 10.1. The fourth-order valence-electron chi connectivity index (χ4n) is 2.85. The number of rotatable bonds is 5. The van der Waals surface area contributed by atoms with Crippen LogP contribution >= 0.6 is 11.6 Å². The van der Waals surface area contributed by atoms with Gasteiger partial charge in [-0.2, -0.15) is 0 Å². The van der Waals surface area contributed by atoms with Gasteiger partial charge in [-0.05, 0) is 55.6 Å². The number of ether oxygens (including phenoxy) is 1. The summed E-state index contributed by atoms with van der Waals surface area (Å²) in [7, 11) is 0. The molecule has 1 aromatic rings. The van der Waals surface area contributed by atoms with Gasteiger partial charge in [0, 0.05) is 5.02 Å². The standard InChI is InChI=1S/C15H19ClO2/c16-15-4-2-1-3-14(15)13-7-5-12(6-8-13)9-10-18-11-17/h1-4,11-13H,5-10H2. The van der Waals surface area contributed by atoms with Gasteiger partial charge in [-0.25, -0.2) is 0 Å². The molecule has 1 aliphatic carbocycles. The minimum atomic E-state index is 0.537. The summed E-state index contributed by atoms with van der Waals surface area (Å²) in [5.74, 6) is 1.30. The van der Waals surface area contributed by atoms with Crippen LogP contribution in [-0.2, 0) is 9.53 Å². The lowest BCUT2D eigenvalue weighted by molar-refractivity contribution is -0.129. The molecule has 2 nitrogen and oxygen atoms in total. The summed E-state index contributed by atoms with van der Waals surface area (Å²) in [5, 5.41) is 0.894. The molecule has 0 heterocycles. The van der Waals surface area contributed by atoms with Gasteiger partial charge in [0.05, 0.1) is 6.61 Å². The molecule has 0 amide bonds. The molecule has 0 atom stereocenters. The molecule has 0 bridgehead atoms. The lowest BCUT2D eigenvalue weighted by atomic mass is 9.78. The Morgan fingerprint density at radius 1 is 1.22 bits per heavy atom. The third-order valence-electron chi connectivity index (χ3n) is 3.90. The van der Waals surface area contributed by atoms with Crippen LogP contribution in [0.25, 0.3) is 0 Å². The monoisotopic (exact) mass is 266 g/mol. The van der Waals surface area contributed by atoms with E-state index >= 15 is 0 Å². The van der Waals surface area contributed by atoms with E-state index in [1.807, 2.05) is 12.1 Å². The predicted molar refractivity (Wildman–Crippen MR) is 72.8 cm³/mol. The van der Waals surface area contributed by atoms with Gasteiger partial charge in [-0.1, -0.05) is 29.8 Å². The van der Waals surface area contributed by atoms with Crippen molar-refractivity contribution >= 4 is 18.1 Å².